The van der Waals surface area contributed by atoms with Gasteiger partial charge in [0.05, 0.1) is 23.2 Å². The molecule has 1 aliphatic heterocycles. The molecule has 0 spiro atoms. The Morgan fingerprint density at radius 1 is 1.17 bits per heavy atom. The summed E-state index contributed by atoms with van der Waals surface area (Å²) in [6.07, 6.45) is 0. The lowest BCUT2D eigenvalue weighted by Crippen LogP contribution is -2.36. The topological polar surface area (TPSA) is 84.7 Å². The van der Waals surface area contributed by atoms with Crippen LogP contribution >= 0.6 is 34.5 Å². The number of amides is 1. The fourth-order valence-electron chi connectivity index (χ4n) is 3.19. The molecule has 2 aromatic carbocycles. The van der Waals surface area contributed by atoms with E-state index in [1.165, 1.54) is 17.4 Å². The van der Waals surface area contributed by atoms with Crippen molar-refractivity contribution in [1.82, 2.24) is 0 Å². The van der Waals surface area contributed by atoms with Crippen LogP contribution in [-0.4, -0.2) is 37.1 Å². The molecule has 3 aromatic rings. The van der Waals surface area contributed by atoms with E-state index in [9.17, 15) is 14.9 Å². The molecule has 1 N–H and O–H groups in total. The Hall–Kier alpha value is -2.39. The summed E-state index contributed by atoms with van der Waals surface area (Å²) in [6, 6.07) is 9.86. The Labute approximate surface area is 179 Å². The highest BCUT2D eigenvalue weighted by Gasteiger charge is 2.23. The van der Waals surface area contributed by atoms with Crippen molar-refractivity contribution in [3.05, 3.63) is 61.4 Å². The molecule has 1 saturated heterocycles. The highest BCUT2D eigenvalue weighted by atomic mass is 35.5. The fourth-order valence-corrected chi connectivity index (χ4v) is 4.88. The molecule has 2 heterocycles. The van der Waals surface area contributed by atoms with Crippen molar-refractivity contribution in [1.29, 1.82) is 0 Å². The SMILES string of the molecule is O=C(Nc1ccc(N2CCOCC2)c([N+](=O)[O-])c1)c1sc2cc(Cl)ccc2c1Cl. The number of rotatable bonds is 4. The summed E-state index contributed by atoms with van der Waals surface area (Å²) >= 11 is 13.6. The van der Waals surface area contributed by atoms with Crippen LogP contribution in [0.5, 0.6) is 0 Å². The minimum atomic E-state index is -0.450. The van der Waals surface area contributed by atoms with Crippen molar-refractivity contribution in [2.45, 2.75) is 0 Å². The van der Waals surface area contributed by atoms with E-state index in [4.69, 9.17) is 27.9 Å². The summed E-state index contributed by atoms with van der Waals surface area (Å²) < 4.78 is 6.10. The van der Waals surface area contributed by atoms with Gasteiger partial charge in [-0.05, 0) is 24.3 Å². The van der Waals surface area contributed by atoms with Gasteiger partial charge >= 0.3 is 0 Å². The predicted octanol–water partition coefficient (Wildman–Crippen LogP) is 5.21. The average molecular weight is 452 g/mol. The lowest BCUT2D eigenvalue weighted by molar-refractivity contribution is -0.384. The van der Waals surface area contributed by atoms with Crippen LogP contribution < -0.4 is 10.2 Å². The Morgan fingerprint density at radius 3 is 2.66 bits per heavy atom. The number of thiophene rings is 1. The van der Waals surface area contributed by atoms with Gasteiger partial charge in [0.15, 0.2) is 0 Å². The third-order valence-electron chi connectivity index (χ3n) is 4.58. The largest absolute Gasteiger partial charge is 0.378 e. The normalized spacial score (nSPS) is 14.2. The molecule has 1 aromatic heterocycles. The number of hydrogen-bond donors (Lipinski definition) is 1. The number of halogens is 2. The average Bonchev–Trinajstić information content (AvgIpc) is 3.04. The summed E-state index contributed by atoms with van der Waals surface area (Å²) in [5.74, 6) is -0.430. The molecule has 0 bridgehead atoms. The maximum Gasteiger partial charge on any atom is 0.294 e. The van der Waals surface area contributed by atoms with E-state index in [1.54, 1.807) is 30.3 Å². The van der Waals surface area contributed by atoms with Crippen molar-refractivity contribution in [3.63, 3.8) is 0 Å². The molecule has 0 radical (unpaired) electrons. The Kier molecular flexibility index (Phi) is 5.60. The maximum absolute atomic E-state index is 12.7. The van der Waals surface area contributed by atoms with Crippen LogP contribution in [0.1, 0.15) is 9.67 Å². The minimum absolute atomic E-state index is 0.0704. The first-order valence-electron chi connectivity index (χ1n) is 8.74. The zero-order chi connectivity index (χ0) is 20.5. The van der Waals surface area contributed by atoms with Crippen LogP contribution in [0.3, 0.4) is 0 Å². The number of morpholine rings is 1. The summed E-state index contributed by atoms with van der Waals surface area (Å²) in [6.45, 7) is 2.19. The monoisotopic (exact) mass is 451 g/mol. The van der Waals surface area contributed by atoms with Gasteiger partial charge < -0.3 is 15.0 Å². The van der Waals surface area contributed by atoms with E-state index < -0.39 is 10.8 Å². The van der Waals surface area contributed by atoms with Gasteiger partial charge in [-0.25, -0.2) is 0 Å². The second-order valence-corrected chi connectivity index (χ2v) is 8.27. The Bertz CT molecular complexity index is 1110. The molecule has 0 aliphatic carbocycles. The number of nitrogens with zero attached hydrogens (tertiary/aromatic N) is 2. The molecule has 1 amide bonds. The van der Waals surface area contributed by atoms with E-state index in [1.807, 2.05) is 4.90 Å². The molecule has 4 rings (SSSR count). The van der Waals surface area contributed by atoms with Crippen LogP contribution in [0.15, 0.2) is 36.4 Å². The van der Waals surface area contributed by atoms with Crippen molar-refractivity contribution in [2.24, 2.45) is 0 Å². The molecule has 150 valence electrons. The predicted molar refractivity (Wildman–Crippen MR) is 116 cm³/mol. The van der Waals surface area contributed by atoms with Crippen molar-refractivity contribution in [3.8, 4) is 0 Å². The smallest absolute Gasteiger partial charge is 0.294 e. The number of nitro benzene ring substituents is 1. The molecule has 1 fully saturated rings. The van der Waals surface area contributed by atoms with Gasteiger partial charge in [-0.15, -0.1) is 11.3 Å². The molecule has 0 atom stereocenters. The van der Waals surface area contributed by atoms with Gasteiger partial charge in [0.1, 0.15) is 10.6 Å². The quantitative estimate of drug-likeness (QED) is 0.434. The fraction of sp³-hybridized carbons (Fsp3) is 0.211. The highest BCUT2D eigenvalue weighted by Crippen LogP contribution is 2.37. The molecule has 0 unspecified atom stereocenters. The van der Waals surface area contributed by atoms with E-state index >= 15 is 0 Å². The summed E-state index contributed by atoms with van der Waals surface area (Å²) in [5.41, 5.74) is 0.759. The van der Waals surface area contributed by atoms with Crippen LogP contribution in [-0.2, 0) is 4.74 Å². The zero-order valence-electron chi connectivity index (χ0n) is 15.0. The minimum Gasteiger partial charge on any atom is -0.378 e. The number of benzene rings is 2. The highest BCUT2D eigenvalue weighted by molar-refractivity contribution is 7.21. The van der Waals surface area contributed by atoms with Gasteiger partial charge in [0.25, 0.3) is 11.6 Å². The third-order valence-corrected chi connectivity index (χ3v) is 6.47. The number of hydrogen-bond acceptors (Lipinski definition) is 6. The molecule has 7 nitrogen and oxygen atoms in total. The van der Waals surface area contributed by atoms with Crippen molar-refractivity contribution < 1.29 is 14.5 Å². The first-order chi connectivity index (χ1) is 13.9. The molecular formula is C19H15Cl2N3O4S. The van der Waals surface area contributed by atoms with Gasteiger partial charge in [-0.3, -0.25) is 14.9 Å². The maximum atomic E-state index is 12.7. The zero-order valence-corrected chi connectivity index (χ0v) is 17.3. The molecule has 10 heteroatoms. The number of nitrogens with one attached hydrogen (secondary N) is 1. The molecule has 1 aliphatic rings. The Morgan fingerprint density at radius 2 is 1.93 bits per heavy atom. The van der Waals surface area contributed by atoms with Crippen molar-refractivity contribution >= 4 is 67.6 Å². The third kappa shape index (κ3) is 4.02. The number of carbonyl (C=O) groups excluding carboxylic acids is 1. The number of anilines is 2. The van der Waals surface area contributed by atoms with E-state index in [0.717, 1.165) is 10.1 Å². The first-order valence-corrected chi connectivity index (χ1v) is 10.3. The summed E-state index contributed by atoms with van der Waals surface area (Å²) in [4.78, 5) is 26.1. The van der Waals surface area contributed by atoms with Gasteiger partial charge in [-0.1, -0.05) is 29.3 Å². The number of fused-ring (bicyclic) bond motifs is 1. The molecule has 29 heavy (non-hydrogen) atoms. The number of ether oxygens (including phenoxy) is 1. The number of nitro groups is 1. The first kappa shape index (κ1) is 19.9. The summed E-state index contributed by atoms with van der Waals surface area (Å²) in [7, 11) is 0. The van der Waals surface area contributed by atoms with Crippen molar-refractivity contribution in [2.75, 3.05) is 36.5 Å². The lowest BCUT2D eigenvalue weighted by Gasteiger charge is -2.28. The molecular weight excluding hydrogens is 437 g/mol. The van der Waals surface area contributed by atoms with E-state index in [-0.39, 0.29) is 5.69 Å². The standard InChI is InChI=1S/C19H15Cl2N3O4S/c20-11-1-3-13-16(9-11)29-18(17(13)21)19(25)22-12-2-4-14(15(10-12)24(26)27)23-5-7-28-8-6-23/h1-4,9-10H,5-8H2,(H,22,25). The second-order valence-electron chi connectivity index (χ2n) is 6.40. The van der Waals surface area contributed by atoms with Crippen LogP contribution in [0.25, 0.3) is 10.1 Å². The Balaban J connectivity index is 1.62. The van der Waals surface area contributed by atoms with Gasteiger partial charge in [0.2, 0.25) is 0 Å². The van der Waals surface area contributed by atoms with Gasteiger partial charge in [-0.2, -0.15) is 0 Å². The van der Waals surface area contributed by atoms with Crippen LogP contribution in [0, 0.1) is 10.1 Å². The number of carbonyl (C=O) groups is 1. The van der Waals surface area contributed by atoms with E-state index in [0.29, 0.717) is 52.6 Å². The lowest BCUT2D eigenvalue weighted by atomic mass is 10.2. The van der Waals surface area contributed by atoms with Crippen LogP contribution in [0.4, 0.5) is 17.1 Å². The van der Waals surface area contributed by atoms with Gasteiger partial charge in [0, 0.05) is 40.0 Å². The molecule has 0 saturated carbocycles. The second kappa shape index (κ2) is 8.16. The summed E-state index contributed by atoms with van der Waals surface area (Å²) in [5, 5.41) is 15.9. The van der Waals surface area contributed by atoms with E-state index in [2.05, 4.69) is 5.32 Å². The van der Waals surface area contributed by atoms with Crippen LogP contribution in [0.2, 0.25) is 10.0 Å².